The molecule has 1 fully saturated rings. The van der Waals surface area contributed by atoms with Crippen LogP contribution < -0.4 is 5.32 Å². The lowest BCUT2D eigenvalue weighted by molar-refractivity contribution is 0.558. The molecule has 0 amide bonds. The van der Waals surface area contributed by atoms with Gasteiger partial charge in [-0.3, -0.25) is 0 Å². The summed E-state index contributed by atoms with van der Waals surface area (Å²) in [6.07, 6.45) is 7.59. The number of hydrogen-bond donors (Lipinski definition) is 1. The van der Waals surface area contributed by atoms with Crippen LogP contribution in [0.15, 0.2) is 12.4 Å². The van der Waals surface area contributed by atoms with Crippen LogP contribution in [0.3, 0.4) is 0 Å². The third-order valence-electron chi connectivity index (χ3n) is 3.26. The van der Waals surface area contributed by atoms with E-state index in [9.17, 15) is 8.42 Å². The molecule has 0 aliphatic carbocycles. The van der Waals surface area contributed by atoms with E-state index in [0.29, 0.717) is 5.75 Å². The van der Waals surface area contributed by atoms with Crippen molar-refractivity contribution in [2.24, 2.45) is 0 Å². The van der Waals surface area contributed by atoms with E-state index in [0.717, 1.165) is 38.2 Å². The second kappa shape index (κ2) is 5.73. The Labute approximate surface area is 109 Å². The number of rotatable bonds is 5. The van der Waals surface area contributed by atoms with Crippen molar-refractivity contribution in [2.75, 3.05) is 16.8 Å². The largest absolute Gasteiger partial charge is 0.352 e. The Hall–Kier alpha value is -1.04. The number of anilines is 1. The molecule has 0 spiro atoms. The molecule has 0 aromatic carbocycles. The average Bonchev–Trinajstić information content (AvgIpc) is 2.72. The van der Waals surface area contributed by atoms with Gasteiger partial charge in [0.25, 0.3) is 0 Å². The van der Waals surface area contributed by atoms with Gasteiger partial charge in [0.15, 0.2) is 9.84 Å². The quantitative estimate of drug-likeness (QED) is 0.885. The van der Waals surface area contributed by atoms with E-state index in [4.69, 9.17) is 0 Å². The Morgan fingerprint density at radius 1 is 1.56 bits per heavy atom. The molecule has 5 nitrogen and oxygen atoms in total. The molecule has 102 valence electrons. The highest BCUT2D eigenvalue weighted by Crippen LogP contribution is 2.17. The van der Waals surface area contributed by atoms with Gasteiger partial charge in [-0.15, -0.1) is 0 Å². The van der Waals surface area contributed by atoms with Crippen LogP contribution in [-0.2, 0) is 16.4 Å². The molecule has 0 bridgehead atoms. The Morgan fingerprint density at radius 2 is 2.39 bits per heavy atom. The van der Waals surface area contributed by atoms with Crippen molar-refractivity contribution in [3.05, 3.63) is 12.4 Å². The molecule has 1 saturated heterocycles. The monoisotopic (exact) mass is 271 g/mol. The maximum Gasteiger partial charge on any atom is 0.203 e. The molecular formula is C12H21N3O2S. The highest BCUT2D eigenvalue weighted by molar-refractivity contribution is 7.91. The molecule has 1 N–H and O–H groups in total. The summed E-state index contributed by atoms with van der Waals surface area (Å²) in [5, 5.41) is 3.27. The Morgan fingerprint density at radius 3 is 3.11 bits per heavy atom. The number of imidazole rings is 1. The number of unbranched alkanes of at least 4 members (excludes halogenated alkanes) is 1. The van der Waals surface area contributed by atoms with Gasteiger partial charge in [0.1, 0.15) is 0 Å². The van der Waals surface area contributed by atoms with Crippen molar-refractivity contribution >= 4 is 15.8 Å². The van der Waals surface area contributed by atoms with Gasteiger partial charge in [-0.2, -0.15) is 0 Å². The molecular weight excluding hydrogens is 250 g/mol. The van der Waals surface area contributed by atoms with E-state index in [1.807, 2.05) is 6.20 Å². The minimum atomic E-state index is -2.86. The molecule has 1 aliphatic rings. The molecule has 1 unspecified atom stereocenters. The van der Waals surface area contributed by atoms with Crippen LogP contribution >= 0.6 is 0 Å². The molecule has 0 saturated carbocycles. The van der Waals surface area contributed by atoms with E-state index < -0.39 is 9.84 Å². The summed E-state index contributed by atoms with van der Waals surface area (Å²) in [6, 6.07) is 0.00604. The molecule has 1 aromatic heterocycles. The van der Waals surface area contributed by atoms with Crippen LogP contribution in [0, 0.1) is 0 Å². The fraction of sp³-hybridized carbons (Fsp3) is 0.750. The van der Waals surface area contributed by atoms with Gasteiger partial charge >= 0.3 is 0 Å². The maximum atomic E-state index is 11.6. The van der Waals surface area contributed by atoms with Gasteiger partial charge in [-0.05, 0) is 19.3 Å². The minimum Gasteiger partial charge on any atom is -0.352 e. The van der Waals surface area contributed by atoms with Gasteiger partial charge in [0.05, 0.1) is 11.5 Å². The standard InChI is InChI=1S/C12H21N3O2S/c1-2-3-7-15-8-6-13-12(15)14-11-5-4-9-18(16,17)10-11/h6,8,11H,2-5,7,9-10H2,1H3,(H,13,14). The number of aromatic nitrogens is 2. The molecule has 18 heavy (non-hydrogen) atoms. The molecule has 0 radical (unpaired) electrons. The lowest BCUT2D eigenvalue weighted by Crippen LogP contribution is -2.35. The van der Waals surface area contributed by atoms with Crippen molar-refractivity contribution in [3.8, 4) is 0 Å². The number of nitrogens with one attached hydrogen (secondary N) is 1. The first-order valence-corrected chi connectivity index (χ1v) is 8.41. The summed E-state index contributed by atoms with van der Waals surface area (Å²) in [6.45, 7) is 3.08. The zero-order valence-corrected chi connectivity index (χ0v) is 11.6. The zero-order valence-electron chi connectivity index (χ0n) is 10.8. The fourth-order valence-corrected chi connectivity index (χ4v) is 3.91. The van der Waals surface area contributed by atoms with Crippen molar-refractivity contribution in [1.29, 1.82) is 0 Å². The number of aryl methyl sites for hydroxylation is 1. The topological polar surface area (TPSA) is 64.0 Å². The second-order valence-electron chi connectivity index (χ2n) is 4.90. The number of hydrogen-bond acceptors (Lipinski definition) is 4. The fourth-order valence-electron chi connectivity index (χ4n) is 2.28. The first-order valence-electron chi connectivity index (χ1n) is 6.59. The number of sulfone groups is 1. The van der Waals surface area contributed by atoms with Gasteiger partial charge in [-0.1, -0.05) is 13.3 Å². The summed E-state index contributed by atoms with van der Waals surface area (Å²) in [5.74, 6) is 1.36. The van der Waals surface area contributed by atoms with Crippen molar-refractivity contribution in [3.63, 3.8) is 0 Å². The minimum absolute atomic E-state index is 0.00604. The molecule has 1 atom stereocenters. The van der Waals surface area contributed by atoms with Crippen LogP contribution in [-0.4, -0.2) is 35.5 Å². The van der Waals surface area contributed by atoms with Crippen molar-refractivity contribution in [2.45, 2.75) is 45.2 Å². The van der Waals surface area contributed by atoms with Crippen molar-refractivity contribution in [1.82, 2.24) is 9.55 Å². The van der Waals surface area contributed by atoms with Crippen LogP contribution in [0.25, 0.3) is 0 Å². The van der Waals surface area contributed by atoms with E-state index >= 15 is 0 Å². The summed E-state index contributed by atoms with van der Waals surface area (Å²) in [4.78, 5) is 4.27. The van der Waals surface area contributed by atoms with Gasteiger partial charge in [0.2, 0.25) is 5.95 Å². The van der Waals surface area contributed by atoms with E-state index in [2.05, 4.69) is 21.8 Å². The Bertz CT molecular complexity index is 481. The van der Waals surface area contributed by atoms with Crippen LogP contribution in [0.4, 0.5) is 5.95 Å². The molecule has 1 aromatic rings. The van der Waals surface area contributed by atoms with Gasteiger partial charge < -0.3 is 9.88 Å². The SMILES string of the molecule is CCCCn1ccnc1NC1CCCS(=O)(=O)C1. The van der Waals surface area contributed by atoms with Crippen molar-refractivity contribution < 1.29 is 8.42 Å². The van der Waals surface area contributed by atoms with E-state index in [1.54, 1.807) is 6.20 Å². The first-order chi connectivity index (χ1) is 8.61. The third kappa shape index (κ3) is 3.48. The van der Waals surface area contributed by atoms with Crippen LogP contribution in [0.2, 0.25) is 0 Å². The molecule has 2 rings (SSSR count). The average molecular weight is 271 g/mol. The normalized spacial score (nSPS) is 22.8. The van der Waals surface area contributed by atoms with Crippen LogP contribution in [0.1, 0.15) is 32.6 Å². The third-order valence-corrected chi connectivity index (χ3v) is 5.09. The highest BCUT2D eigenvalue weighted by Gasteiger charge is 2.25. The predicted molar refractivity (Wildman–Crippen MR) is 72.4 cm³/mol. The highest BCUT2D eigenvalue weighted by atomic mass is 32.2. The Balaban J connectivity index is 1.98. The summed E-state index contributed by atoms with van der Waals surface area (Å²) in [7, 11) is -2.86. The second-order valence-corrected chi connectivity index (χ2v) is 7.12. The first kappa shape index (κ1) is 13.4. The van der Waals surface area contributed by atoms with E-state index in [-0.39, 0.29) is 11.8 Å². The predicted octanol–water partition coefficient (Wildman–Crippen LogP) is 1.67. The van der Waals surface area contributed by atoms with Gasteiger partial charge in [-0.25, -0.2) is 13.4 Å². The molecule has 6 heteroatoms. The number of nitrogens with zero attached hydrogens (tertiary/aromatic N) is 2. The summed E-state index contributed by atoms with van der Waals surface area (Å²) in [5.41, 5.74) is 0. The summed E-state index contributed by atoms with van der Waals surface area (Å²) >= 11 is 0. The summed E-state index contributed by atoms with van der Waals surface area (Å²) < 4.78 is 25.2. The lowest BCUT2D eigenvalue weighted by Gasteiger charge is -2.23. The maximum absolute atomic E-state index is 11.6. The van der Waals surface area contributed by atoms with Crippen LogP contribution in [0.5, 0.6) is 0 Å². The Kier molecular flexibility index (Phi) is 4.27. The smallest absolute Gasteiger partial charge is 0.203 e. The van der Waals surface area contributed by atoms with Gasteiger partial charge in [0, 0.05) is 25.0 Å². The van der Waals surface area contributed by atoms with E-state index in [1.165, 1.54) is 0 Å². The zero-order chi connectivity index (χ0) is 13.0. The lowest BCUT2D eigenvalue weighted by atomic mass is 10.2. The molecule has 1 aliphatic heterocycles. The molecule has 2 heterocycles.